The summed E-state index contributed by atoms with van der Waals surface area (Å²) in [5, 5.41) is 2.71. The summed E-state index contributed by atoms with van der Waals surface area (Å²) >= 11 is 0. The summed E-state index contributed by atoms with van der Waals surface area (Å²) in [6.45, 7) is 3.78. The van der Waals surface area contributed by atoms with Gasteiger partial charge in [0.15, 0.2) is 11.6 Å². The van der Waals surface area contributed by atoms with Gasteiger partial charge >= 0.3 is 0 Å². The molecular weight excluding hydrogens is 386 g/mol. The summed E-state index contributed by atoms with van der Waals surface area (Å²) in [5.41, 5.74) is 3.09. The molecule has 2 aromatic rings. The van der Waals surface area contributed by atoms with Crippen LogP contribution in [0.3, 0.4) is 0 Å². The van der Waals surface area contributed by atoms with E-state index in [1.807, 2.05) is 32.0 Å². The molecule has 8 heteroatoms. The molecule has 0 aliphatic heterocycles. The summed E-state index contributed by atoms with van der Waals surface area (Å²) in [7, 11) is -3.87. The summed E-state index contributed by atoms with van der Waals surface area (Å²) in [6, 6.07) is 8.77. The van der Waals surface area contributed by atoms with Gasteiger partial charge in [-0.2, -0.15) is 0 Å². The maximum absolute atomic E-state index is 13.5. The molecule has 1 amide bonds. The zero-order valence-corrected chi connectivity index (χ0v) is 16.9. The number of carbonyl (C=O) groups excluding carboxylic acids is 1. The predicted molar refractivity (Wildman–Crippen MR) is 106 cm³/mol. The first-order chi connectivity index (χ1) is 13.2. The second kappa shape index (κ2) is 9.14. The Morgan fingerprint density at radius 1 is 1.00 bits per heavy atom. The fourth-order valence-corrected chi connectivity index (χ4v) is 3.68. The van der Waals surface area contributed by atoms with Crippen molar-refractivity contribution in [3.05, 3.63) is 64.7 Å². The minimum absolute atomic E-state index is 0.112. The number of aryl methyl sites for hydroxylation is 2. The van der Waals surface area contributed by atoms with E-state index in [4.69, 9.17) is 0 Å². The number of anilines is 1. The van der Waals surface area contributed by atoms with E-state index in [-0.39, 0.29) is 12.2 Å². The number of benzene rings is 2. The molecular formula is C20H24F2N2O3S. The van der Waals surface area contributed by atoms with E-state index in [0.717, 1.165) is 58.3 Å². The largest absolute Gasteiger partial charge is 0.350 e. The van der Waals surface area contributed by atoms with Crippen LogP contribution < -0.4 is 9.62 Å². The molecule has 0 saturated carbocycles. The number of carbonyl (C=O) groups is 1. The maximum atomic E-state index is 13.5. The highest BCUT2D eigenvalue weighted by Crippen LogP contribution is 2.20. The molecule has 0 saturated heterocycles. The maximum Gasteiger partial charge on any atom is 0.241 e. The van der Waals surface area contributed by atoms with Gasteiger partial charge in [0.05, 0.1) is 11.9 Å². The molecule has 0 aliphatic carbocycles. The number of halogens is 2. The van der Waals surface area contributed by atoms with E-state index in [2.05, 4.69) is 5.32 Å². The lowest BCUT2D eigenvalue weighted by Gasteiger charge is -2.22. The van der Waals surface area contributed by atoms with Gasteiger partial charge in [-0.3, -0.25) is 9.10 Å². The monoisotopic (exact) mass is 410 g/mol. The number of amides is 1. The molecule has 28 heavy (non-hydrogen) atoms. The Kier molecular flexibility index (Phi) is 7.12. The van der Waals surface area contributed by atoms with Crippen molar-refractivity contribution in [3.63, 3.8) is 0 Å². The zero-order valence-electron chi connectivity index (χ0n) is 16.1. The van der Waals surface area contributed by atoms with E-state index < -0.39 is 34.1 Å². The quantitative estimate of drug-likeness (QED) is 0.727. The Balaban J connectivity index is 2.16. The topological polar surface area (TPSA) is 66.5 Å². The molecule has 0 radical (unpaired) electrons. The van der Waals surface area contributed by atoms with E-state index in [1.165, 1.54) is 0 Å². The first-order valence-corrected chi connectivity index (χ1v) is 10.8. The minimum atomic E-state index is -3.87. The Morgan fingerprint density at radius 2 is 1.71 bits per heavy atom. The average molecular weight is 410 g/mol. The van der Waals surface area contributed by atoms with Crippen LogP contribution in [0.15, 0.2) is 36.4 Å². The van der Waals surface area contributed by atoms with E-state index >= 15 is 0 Å². The van der Waals surface area contributed by atoms with Crippen LogP contribution in [-0.4, -0.2) is 27.1 Å². The van der Waals surface area contributed by atoms with E-state index in [9.17, 15) is 22.0 Å². The Labute approximate surface area is 164 Å². The molecule has 0 unspecified atom stereocenters. The number of nitrogens with one attached hydrogen (secondary N) is 1. The van der Waals surface area contributed by atoms with Crippen molar-refractivity contribution < 1.29 is 22.0 Å². The lowest BCUT2D eigenvalue weighted by Crippen LogP contribution is -2.40. The van der Waals surface area contributed by atoms with Gasteiger partial charge in [-0.25, -0.2) is 17.2 Å². The van der Waals surface area contributed by atoms with Gasteiger partial charge in [-0.05, 0) is 41.7 Å². The molecule has 0 atom stereocenters. The lowest BCUT2D eigenvalue weighted by molar-refractivity contribution is -0.119. The molecule has 0 aromatic heterocycles. The zero-order chi connectivity index (χ0) is 20.9. The van der Waals surface area contributed by atoms with Gasteiger partial charge in [0, 0.05) is 12.6 Å². The number of rotatable bonds is 8. The number of hydrogen-bond donors (Lipinski definition) is 1. The fraction of sp³-hybridized carbons (Fsp3) is 0.350. The van der Waals surface area contributed by atoms with Gasteiger partial charge in [0.25, 0.3) is 0 Å². The second-order valence-electron chi connectivity index (χ2n) is 6.45. The van der Waals surface area contributed by atoms with Gasteiger partial charge in [0.2, 0.25) is 15.9 Å². The molecule has 2 rings (SSSR count). The van der Waals surface area contributed by atoms with Gasteiger partial charge in [-0.15, -0.1) is 0 Å². The first kappa shape index (κ1) is 21.8. The highest BCUT2D eigenvalue weighted by Gasteiger charge is 2.22. The standard InChI is InChI=1S/C20H24F2N2O3S/c1-4-14-6-7-15(5-2)16(10-14)12-23-20(25)13-24(28(3,26)27)17-8-9-18(21)19(22)11-17/h6-11H,4-5,12-13H2,1-3H3,(H,23,25). The third-order valence-corrected chi connectivity index (χ3v) is 5.56. The molecule has 0 bridgehead atoms. The van der Waals surface area contributed by atoms with Crippen molar-refractivity contribution in [2.75, 3.05) is 17.1 Å². The van der Waals surface area contributed by atoms with Crippen LogP contribution in [0.2, 0.25) is 0 Å². The minimum Gasteiger partial charge on any atom is -0.350 e. The smallest absolute Gasteiger partial charge is 0.241 e. The highest BCUT2D eigenvalue weighted by atomic mass is 32.2. The molecule has 152 valence electrons. The summed E-state index contributed by atoms with van der Waals surface area (Å²) in [5.74, 6) is -2.82. The number of hydrogen-bond acceptors (Lipinski definition) is 3. The molecule has 2 aromatic carbocycles. The SMILES string of the molecule is CCc1ccc(CC)c(CNC(=O)CN(c2ccc(F)c(F)c2)S(C)(=O)=O)c1. The molecule has 0 fully saturated rings. The van der Waals surface area contributed by atoms with Crippen LogP contribution in [0.25, 0.3) is 0 Å². The number of sulfonamides is 1. The summed E-state index contributed by atoms with van der Waals surface area (Å²) < 4.78 is 51.5. The van der Waals surface area contributed by atoms with E-state index in [0.29, 0.717) is 0 Å². The third kappa shape index (κ3) is 5.51. The predicted octanol–water partition coefficient (Wildman–Crippen LogP) is 3.17. The van der Waals surface area contributed by atoms with Gasteiger partial charge < -0.3 is 5.32 Å². The van der Waals surface area contributed by atoms with Crippen LogP contribution in [0.5, 0.6) is 0 Å². The Bertz CT molecular complexity index is 962. The van der Waals surface area contributed by atoms with Crippen molar-refractivity contribution in [3.8, 4) is 0 Å². The second-order valence-corrected chi connectivity index (χ2v) is 8.36. The molecule has 0 heterocycles. The van der Waals surface area contributed by atoms with Crippen molar-refractivity contribution >= 4 is 21.6 Å². The summed E-state index contributed by atoms with van der Waals surface area (Å²) in [6.07, 6.45) is 2.57. The Hall–Kier alpha value is -2.48. The van der Waals surface area contributed by atoms with Crippen LogP contribution in [0.1, 0.15) is 30.5 Å². The highest BCUT2D eigenvalue weighted by molar-refractivity contribution is 7.92. The molecule has 0 spiro atoms. The molecule has 1 N–H and O–H groups in total. The van der Waals surface area contributed by atoms with Crippen LogP contribution in [0.4, 0.5) is 14.5 Å². The van der Waals surface area contributed by atoms with Gasteiger partial charge in [0.1, 0.15) is 6.54 Å². The van der Waals surface area contributed by atoms with Crippen LogP contribution >= 0.6 is 0 Å². The third-order valence-electron chi connectivity index (χ3n) is 4.41. The Morgan fingerprint density at radius 3 is 2.29 bits per heavy atom. The van der Waals surface area contributed by atoms with Gasteiger partial charge in [-0.1, -0.05) is 32.0 Å². The fourth-order valence-electron chi connectivity index (χ4n) is 2.83. The normalized spacial score (nSPS) is 11.3. The van der Waals surface area contributed by atoms with Crippen molar-refractivity contribution in [1.29, 1.82) is 0 Å². The van der Waals surface area contributed by atoms with E-state index in [1.54, 1.807) is 0 Å². The van der Waals surface area contributed by atoms with Crippen molar-refractivity contribution in [1.82, 2.24) is 5.32 Å². The van der Waals surface area contributed by atoms with Crippen molar-refractivity contribution in [2.24, 2.45) is 0 Å². The van der Waals surface area contributed by atoms with Crippen LogP contribution in [0, 0.1) is 11.6 Å². The summed E-state index contributed by atoms with van der Waals surface area (Å²) in [4.78, 5) is 12.4. The van der Waals surface area contributed by atoms with Crippen molar-refractivity contribution in [2.45, 2.75) is 33.2 Å². The molecule has 0 aliphatic rings. The molecule has 5 nitrogen and oxygen atoms in total. The lowest BCUT2D eigenvalue weighted by atomic mass is 10.0. The number of nitrogens with zero attached hydrogens (tertiary/aromatic N) is 1. The van der Waals surface area contributed by atoms with Crippen LogP contribution in [-0.2, 0) is 34.2 Å². The average Bonchev–Trinajstić information content (AvgIpc) is 2.65. The first-order valence-electron chi connectivity index (χ1n) is 8.95.